The number of hydrogen-bond donors (Lipinski definition) is 1. The number of aliphatic carboxylic acids is 1. The van der Waals surface area contributed by atoms with Crippen LogP contribution in [0, 0.1) is 0 Å². The van der Waals surface area contributed by atoms with Gasteiger partial charge in [0.15, 0.2) is 0 Å². The fourth-order valence-corrected chi connectivity index (χ4v) is 2.17. The number of rotatable bonds is 6. The molecule has 0 aliphatic heterocycles. The van der Waals surface area contributed by atoms with Crippen molar-refractivity contribution in [3.8, 4) is 0 Å². The molecule has 6 nitrogen and oxygen atoms in total. The van der Waals surface area contributed by atoms with Gasteiger partial charge in [-0.3, -0.25) is 4.79 Å². The number of amides is 1. The van der Waals surface area contributed by atoms with E-state index in [4.69, 9.17) is 5.11 Å². The van der Waals surface area contributed by atoms with E-state index < -0.39 is 15.8 Å². The Morgan fingerprint density at radius 2 is 2.00 bits per heavy atom. The Morgan fingerprint density at radius 3 is 2.57 bits per heavy atom. The van der Waals surface area contributed by atoms with E-state index >= 15 is 0 Å². The van der Waals surface area contributed by atoms with Crippen LogP contribution in [-0.2, 0) is 14.6 Å². The Morgan fingerprint density at radius 1 is 1.33 bits per heavy atom. The molecule has 0 heterocycles. The minimum absolute atomic E-state index is 0.103. The topological polar surface area (TPSA) is 91.8 Å². The summed E-state index contributed by atoms with van der Waals surface area (Å²) < 4.78 is 22.2. The first-order valence-corrected chi connectivity index (χ1v) is 8.19. The summed E-state index contributed by atoms with van der Waals surface area (Å²) in [5, 5.41) is 8.57. The molecule has 0 aromatic heterocycles. The number of nitrogens with zero attached hydrogens (tertiary/aromatic N) is 1. The quantitative estimate of drug-likeness (QED) is 0.788. The molecule has 0 aliphatic carbocycles. The second-order valence-corrected chi connectivity index (χ2v) is 6.91. The Labute approximate surface area is 123 Å². The zero-order valence-corrected chi connectivity index (χ0v) is 12.6. The highest BCUT2D eigenvalue weighted by molar-refractivity contribution is 7.90. The normalized spacial score (nSPS) is 11.5. The third-order valence-corrected chi connectivity index (χ3v) is 3.62. The Hall–Kier alpha value is -2.15. The van der Waals surface area contributed by atoms with E-state index in [1.807, 2.05) is 0 Å². The molecule has 0 fully saturated rings. The lowest BCUT2D eigenvalue weighted by Crippen LogP contribution is -2.31. The van der Waals surface area contributed by atoms with E-state index in [9.17, 15) is 18.0 Å². The van der Waals surface area contributed by atoms with Crippen molar-refractivity contribution in [3.05, 3.63) is 41.5 Å². The van der Waals surface area contributed by atoms with Gasteiger partial charge in [-0.2, -0.15) is 0 Å². The largest absolute Gasteiger partial charge is 0.478 e. The molecule has 1 aromatic carbocycles. The highest BCUT2D eigenvalue weighted by Crippen LogP contribution is 2.09. The molecule has 1 rings (SSSR count). The third-order valence-electron chi connectivity index (χ3n) is 2.70. The molecule has 0 radical (unpaired) electrons. The zero-order chi connectivity index (χ0) is 16.0. The van der Waals surface area contributed by atoms with Crippen LogP contribution in [0.3, 0.4) is 0 Å². The van der Waals surface area contributed by atoms with E-state index in [0.717, 1.165) is 12.3 Å². The fourth-order valence-electron chi connectivity index (χ4n) is 1.57. The molecular weight excluding hydrogens is 294 g/mol. The minimum atomic E-state index is -3.13. The molecule has 0 spiro atoms. The van der Waals surface area contributed by atoms with Gasteiger partial charge in [0.05, 0.1) is 5.75 Å². The number of carboxylic acids is 1. The number of sulfone groups is 1. The van der Waals surface area contributed by atoms with Gasteiger partial charge >= 0.3 is 5.97 Å². The van der Waals surface area contributed by atoms with Crippen LogP contribution < -0.4 is 0 Å². The van der Waals surface area contributed by atoms with Gasteiger partial charge in [0, 0.05) is 31.5 Å². The number of benzene rings is 1. The zero-order valence-electron chi connectivity index (χ0n) is 11.8. The summed E-state index contributed by atoms with van der Waals surface area (Å²) in [4.78, 5) is 23.9. The first-order valence-electron chi connectivity index (χ1n) is 6.13. The van der Waals surface area contributed by atoms with Crippen LogP contribution in [0.25, 0.3) is 6.08 Å². The fraction of sp³-hybridized carbons (Fsp3) is 0.286. The summed E-state index contributed by atoms with van der Waals surface area (Å²) in [5.41, 5.74) is 0.957. The summed E-state index contributed by atoms with van der Waals surface area (Å²) in [6.45, 7) is 0.104. The monoisotopic (exact) mass is 311 g/mol. The summed E-state index contributed by atoms with van der Waals surface area (Å²) in [6, 6.07) is 6.46. The lowest BCUT2D eigenvalue weighted by molar-refractivity contribution is -0.131. The van der Waals surface area contributed by atoms with Crippen LogP contribution in [0.5, 0.6) is 0 Å². The average Bonchev–Trinajstić information content (AvgIpc) is 2.41. The second-order valence-electron chi connectivity index (χ2n) is 4.65. The van der Waals surface area contributed by atoms with Crippen molar-refractivity contribution >= 4 is 27.8 Å². The predicted octanol–water partition coefficient (Wildman–Crippen LogP) is 0.901. The lowest BCUT2D eigenvalue weighted by Gasteiger charge is -2.16. The molecule has 0 saturated carbocycles. The van der Waals surface area contributed by atoms with E-state index in [-0.39, 0.29) is 18.2 Å². The number of carbonyl (C=O) groups excluding carboxylic acids is 1. The standard InChI is InChI=1S/C14H17NO5S/c1-15(8-9-21(2,19)20)14(18)12-5-3-4-11(10-12)6-7-13(16)17/h3-7,10H,8-9H2,1-2H3,(H,16,17). The van der Waals surface area contributed by atoms with Gasteiger partial charge in [0.1, 0.15) is 9.84 Å². The van der Waals surface area contributed by atoms with Gasteiger partial charge in [-0.25, -0.2) is 13.2 Å². The van der Waals surface area contributed by atoms with Crippen molar-refractivity contribution in [2.45, 2.75) is 0 Å². The van der Waals surface area contributed by atoms with Gasteiger partial charge in [0.2, 0.25) is 0 Å². The van der Waals surface area contributed by atoms with Crippen molar-refractivity contribution in [1.82, 2.24) is 4.90 Å². The maximum Gasteiger partial charge on any atom is 0.328 e. The second kappa shape index (κ2) is 7.03. The highest BCUT2D eigenvalue weighted by atomic mass is 32.2. The molecule has 21 heavy (non-hydrogen) atoms. The predicted molar refractivity (Wildman–Crippen MR) is 79.8 cm³/mol. The molecule has 1 amide bonds. The van der Waals surface area contributed by atoms with Crippen LogP contribution in [0.4, 0.5) is 0 Å². The average molecular weight is 311 g/mol. The van der Waals surface area contributed by atoms with Gasteiger partial charge in [-0.15, -0.1) is 0 Å². The molecule has 1 N–H and O–H groups in total. The molecule has 0 atom stereocenters. The lowest BCUT2D eigenvalue weighted by atomic mass is 10.1. The van der Waals surface area contributed by atoms with Crippen LogP contribution in [-0.4, -0.2) is 55.9 Å². The van der Waals surface area contributed by atoms with Gasteiger partial charge in [-0.1, -0.05) is 12.1 Å². The molecule has 114 valence electrons. The Bertz CT molecular complexity index is 664. The first kappa shape index (κ1) is 16.9. The summed E-state index contributed by atoms with van der Waals surface area (Å²) in [6.07, 6.45) is 3.48. The third kappa shape index (κ3) is 6.22. The SMILES string of the molecule is CN(CCS(C)(=O)=O)C(=O)c1cccc(C=CC(=O)O)c1. The molecule has 1 aromatic rings. The first-order chi connectivity index (χ1) is 9.69. The van der Waals surface area contributed by atoms with Gasteiger partial charge in [-0.05, 0) is 23.8 Å². The smallest absolute Gasteiger partial charge is 0.328 e. The van der Waals surface area contributed by atoms with Crippen molar-refractivity contribution in [1.29, 1.82) is 0 Å². The van der Waals surface area contributed by atoms with E-state index in [0.29, 0.717) is 11.1 Å². The van der Waals surface area contributed by atoms with Gasteiger partial charge in [0.25, 0.3) is 5.91 Å². The molecule has 7 heteroatoms. The maximum atomic E-state index is 12.1. The molecule has 0 unspecified atom stereocenters. The van der Waals surface area contributed by atoms with E-state index in [1.54, 1.807) is 24.3 Å². The number of carboxylic acid groups (broad SMARTS) is 1. The molecular formula is C14H17NO5S. The summed E-state index contributed by atoms with van der Waals surface area (Å²) in [7, 11) is -1.61. The molecule has 0 bridgehead atoms. The van der Waals surface area contributed by atoms with Crippen molar-refractivity contribution in [3.63, 3.8) is 0 Å². The van der Waals surface area contributed by atoms with Crippen LogP contribution >= 0.6 is 0 Å². The van der Waals surface area contributed by atoms with Crippen molar-refractivity contribution < 1.29 is 23.1 Å². The maximum absolute atomic E-state index is 12.1. The van der Waals surface area contributed by atoms with Crippen molar-refractivity contribution in [2.75, 3.05) is 25.6 Å². The minimum Gasteiger partial charge on any atom is -0.478 e. The van der Waals surface area contributed by atoms with Crippen molar-refractivity contribution in [2.24, 2.45) is 0 Å². The van der Waals surface area contributed by atoms with Gasteiger partial charge < -0.3 is 10.0 Å². The Kier molecular flexibility index (Phi) is 5.66. The van der Waals surface area contributed by atoms with Crippen LogP contribution in [0.1, 0.15) is 15.9 Å². The van der Waals surface area contributed by atoms with Crippen LogP contribution in [0.2, 0.25) is 0 Å². The Balaban J connectivity index is 2.82. The highest BCUT2D eigenvalue weighted by Gasteiger charge is 2.13. The summed E-state index contributed by atoms with van der Waals surface area (Å²) >= 11 is 0. The molecule has 0 saturated heterocycles. The van der Waals surface area contributed by atoms with Crippen LogP contribution in [0.15, 0.2) is 30.3 Å². The summed E-state index contributed by atoms with van der Waals surface area (Å²) in [5.74, 6) is -1.49. The van der Waals surface area contributed by atoms with E-state index in [1.165, 1.54) is 18.0 Å². The molecule has 0 aliphatic rings. The van der Waals surface area contributed by atoms with E-state index in [2.05, 4.69) is 0 Å². The number of hydrogen-bond acceptors (Lipinski definition) is 4. The number of carbonyl (C=O) groups is 2.